The highest BCUT2D eigenvalue weighted by molar-refractivity contribution is 6.33. The Labute approximate surface area is 109 Å². The maximum Gasteiger partial charge on any atom is 0.288 e. The molecule has 7 heteroatoms. The summed E-state index contributed by atoms with van der Waals surface area (Å²) in [6.45, 7) is 3.44. The van der Waals surface area contributed by atoms with E-state index in [2.05, 4.69) is 5.32 Å². The molecule has 0 heterocycles. The van der Waals surface area contributed by atoms with Gasteiger partial charge in [0.1, 0.15) is 5.02 Å². The molecule has 1 aromatic carbocycles. The molecule has 1 unspecified atom stereocenters. The van der Waals surface area contributed by atoms with Gasteiger partial charge in [-0.15, -0.1) is 0 Å². The molecule has 0 saturated heterocycles. The van der Waals surface area contributed by atoms with E-state index in [1.165, 1.54) is 12.1 Å². The number of halogens is 1. The number of rotatable bonds is 4. The zero-order chi connectivity index (χ0) is 13.9. The first-order chi connectivity index (χ1) is 8.36. The van der Waals surface area contributed by atoms with Crippen LogP contribution in [0.5, 0.6) is 0 Å². The maximum absolute atomic E-state index is 11.6. The number of aryl methyl sites for hydroxylation is 1. The van der Waals surface area contributed by atoms with Crippen LogP contribution in [0.2, 0.25) is 5.02 Å². The van der Waals surface area contributed by atoms with Gasteiger partial charge in [-0.2, -0.15) is 0 Å². The van der Waals surface area contributed by atoms with E-state index in [0.29, 0.717) is 17.7 Å². The minimum atomic E-state index is -0.613. The molecule has 3 N–H and O–H groups in total. The lowest BCUT2D eigenvalue weighted by molar-refractivity contribution is -0.384. The molecule has 98 valence electrons. The molecule has 1 aromatic rings. The van der Waals surface area contributed by atoms with E-state index in [0.717, 1.165) is 0 Å². The van der Waals surface area contributed by atoms with Gasteiger partial charge in [0.25, 0.3) is 5.69 Å². The van der Waals surface area contributed by atoms with Crippen molar-refractivity contribution >= 4 is 28.9 Å². The van der Waals surface area contributed by atoms with Gasteiger partial charge in [-0.3, -0.25) is 14.9 Å². The lowest BCUT2D eigenvalue weighted by Gasteiger charge is -2.12. The third-order valence-corrected chi connectivity index (χ3v) is 2.83. The molecule has 0 bridgehead atoms. The lowest BCUT2D eigenvalue weighted by Crippen LogP contribution is -2.35. The number of nitrogens with one attached hydrogen (secondary N) is 1. The number of benzene rings is 1. The number of amides is 1. The number of carbonyl (C=O) groups excluding carboxylic acids is 1. The summed E-state index contributed by atoms with van der Waals surface area (Å²) in [5, 5.41) is 13.3. The Kier molecular flexibility index (Phi) is 4.63. The highest BCUT2D eigenvalue weighted by Crippen LogP contribution is 2.30. The number of hydrogen-bond donors (Lipinski definition) is 2. The minimum absolute atomic E-state index is 0.0223. The topological polar surface area (TPSA) is 98.3 Å². The van der Waals surface area contributed by atoms with Crippen molar-refractivity contribution in [2.75, 3.05) is 5.32 Å². The van der Waals surface area contributed by atoms with Crippen LogP contribution in [0.15, 0.2) is 12.1 Å². The van der Waals surface area contributed by atoms with Crippen molar-refractivity contribution in [1.29, 1.82) is 0 Å². The monoisotopic (exact) mass is 271 g/mol. The average molecular weight is 272 g/mol. The summed E-state index contributed by atoms with van der Waals surface area (Å²) >= 11 is 5.77. The van der Waals surface area contributed by atoms with Crippen LogP contribution < -0.4 is 11.1 Å². The number of hydrogen-bond acceptors (Lipinski definition) is 4. The first-order valence-electron chi connectivity index (χ1n) is 5.37. The molecule has 0 aromatic heterocycles. The predicted molar refractivity (Wildman–Crippen MR) is 69.7 cm³/mol. The molecule has 18 heavy (non-hydrogen) atoms. The van der Waals surface area contributed by atoms with Gasteiger partial charge in [0, 0.05) is 11.8 Å². The van der Waals surface area contributed by atoms with Crippen LogP contribution in [0.3, 0.4) is 0 Å². The fourth-order valence-corrected chi connectivity index (χ4v) is 1.58. The largest absolute Gasteiger partial charge is 0.324 e. The Bertz CT molecular complexity index is 491. The fourth-order valence-electron chi connectivity index (χ4n) is 1.35. The molecule has 1 amide bonds. The Morgan fingerprint density at radius 3 is 2.72 bits per heavy atom. The van der Waals surface area contributed by atoms with Gasteiger partial charge in [-0.1, -0.05) is 18.5 Å². The number of nitro groups is 1. The second kappa shape index (κ2) is 5.79. The Morgan fingerprint density at radius 1 is 1.61 bits per heavy atom. The highest BCUT2D eigenvalue weighted by Gasteiger charge is 2.17. The average Bonchev–Trinajstić information content (AvgIpc) is 2.31. The molecule has 1 atom stereocenters. The van der Waals surface area contributed by atoms with E-state index in [9.17, 15) is 14.9 Å². The summed E-state index contributed by atoms with van der Waals surface area (Å²) in [6.07, 6.45) is 0.506. The lowest BCUT2D eigenvalue weighted by atomic mass is 10.1. The normalized spacial score (nSPS) is 12.0. The number of nitro benzene ring substituents is 1. The van der Waals surface area contributed by atoms with Crippen LogP contribution in [0.4, 0.5) is 11.4 Å². The number of nitrogens with zero attached hydrogens (tertiary/aromatic N) is 1. The zero-order valence-corrected chi connectivity index (χ0v) is 10.8. The van der Waals surface area contributed by atoms with E-state index in [1.807, 2.05) is 0 Å². The summed E-state index contributed by atoms with van der Waals surface area (Å²) in [5.74, 6) is -0.342. The quantitative estimate of drug-likeness (QED) is 0.648. The number of carbonyl (C=O) groups is 1. The smallest absolute Gasteiger partial charge is 0.288 e. The highest BCUT2D eigenvalue weighted by atomic mass is 35.5. The second-order valence-electron chi connectivity index (χ2n) is 3.88. The van der Waals surface area contributed by atoms with Gasteiger partial charge in [0.15, 0.2) is 0 Å². The van der Waals surface area contributed by atoms with Crippen molar-refractivity contribution in [3.63, 3.8) is 0 Å². The van der Waals surface area contributed by atoms with Crippen LogP contribution >= 0.6 is 11.6 Å². The molecule has 6 nitrogen and oxygen atoms in total. The third-order valence-electron chi connectivity index (χ3n) is 2.52. The fraction of sp³-hybridized carbons (Fsp3) is 0.364. The Morgan fingerprint density at radius 2 is 2.22 bits per heavy atom. The summed E-state index contributed by atoms with van der Waals surface area (Å²) in [5.41, 5.74) is 6.38. The predicted octanol–water partition coefficient (Wildman–Crippen LogP) is 2.23. The zero-order valence-electron chi connectivity index (χ0n) is 10.1. The van der Waals surface area contributed by atoms with Crippen LogP contribution in [0, 0.1) is 17.0 Å². The maximum atomic E-state index is 11.6. The van der Waals surface area contributed by atoms with Crippen LogP contribution in [-0.4, -0.2) is 16.9 Å². The molecule has 1 rings (SSSR count). The number of nitrogens with two attached hydrogens (primary N) is 1. The summed E-state index contributed by atoms with van der Waals surface area (Å²) < 4.78 is 0. The Hall–Kier alpha value is -1.66. The van der Waals surface area contributed by atoms with Gasteiger partial charge in [-0.05, 0) is 25.0 Å². The summed E-state index contributed by atoms with van der Waals surface area (Å²) in [6, 6.07) is 2.06. The second-order valence-corrected chi connectivity index (χ2v) is 4.29. The molecule has 0 fully saturated rings. The van der Waals surface area contributed by atoms with Crippen molar-refractivity contribution < 1.29 is 9.72 Å². The first-order valence-corrected chi connectivity index (χ1v) is 5.75. The van der Waals surface area contributed by atoms with E-state index in [4.69, 9.17) is 17.3 Å². The number of anilines is 1. The van der Waals surface area contributed by atoms with Gasteiger partial charge >= 0.3 is 0 Å². The van der Waals surface area contributed by atoms with Crippen molar-refractivity contribution in [2.24, 2.45) is 5.73 Å². The van der Waals surface area contributed by atoms with Crippen LogP contribution in [0.25, 0.3) is 0 Å². The molecular formula is C11H14ClN3O3. The molecule has 0 aliphatic carbocycles. The first kappa shape index (κ1) is 14.4. The van der Waals surface area contributed by atoms with Gasteiger partial charge in [0.2, 0.25) is 5.91 Å². The van der Waals surface area contributed by atoms with E-state index in [1.54, 1.807) is 13.8 Å². The van der Waals surface area contributed by atoms with Gasteiger partial charge in [-0.25, -0.2) is 0 Å². The van der Waals surface area contributed by atoms with Crippen molar-refractivity contribution in [3.8, 4) is 0 Å². The van der Waals surface area contributed by atoms with E-state index < -0.39 is 11.0 Å². The molecule has 0 saturated carbocycles. The van der Waals surface area contributed by atoms with Crippen molar-refractivity contribution in [3.05, 3.63) is 32.8 Å². The Balaban J connectivity index is 3.02. The molecule has 0 radical (unpaired) electrons. The van der Waals surface area contributed by atoms with Crippen molar-refractivity contribution in [1.82, 2.24) is 0 Å². The standard InChI is InChI=1S/C11H14ClN3O3/c1-3-8(13)11(16)14-9-5-7(12)10(15(17)18)4-6(9)2/h4-5,8H,3,13H2,1-2H3,(H,14,16). The van der Waals surface area contributed by atoms with Crippen molar-refractivity contribution in [2.45, 2.75) is 26.3 Å². The summed E-state index contributed by atoms with van der Waals surface area (Å²) in [7, 11) is 0. The molecule has 0 spiro atoms. The van der Waals surface area contributed by atoms with Gasteiger partial charge in [0.05, 0.1) is 11.0 Å². The SMILES string of the molecule is CCC(N)C(=O)Nc1cc(Cl)c([N+](=O)[O-])cc1C. The molecule has 0 aliphatic heterocycles. The minimum Gasteiger partial charge on any atom is -0.324 e. The molecular weight excluding hydrogens is 258 g/mol. The molecule has 0 aliphatic rings. The van der Waals surface area contributed by atoms with E-state index in [-0.39, 0.29) is 16.6 Å². The van der Waals surface area contributed by atoms with Crippen LogP contribution in [0.1, 0.15) is 18.9 Å². The summed E-state index contributed by atoms with van der Waals surface area (Å²) in [4.78, 5) is 21.7. The third kappa shape index (κ3) is 3.18. The van der Waals surface area contributed by atoms with Gasteiger partial charge < -0.3 is 11.1 Å². The van der Waals surface area contributed by atoms with E-state index >= 15 is 0 Å². The van der Waals surface area contributed by atoms with Crippen LogP contribution in [-0.2, 0) is 4.79 Å².